The number of carbonyl (C=O) groups excluding carboxylic acids is 1. The minimum atomic E-state index is -0.134. The van der Waals surface area contributed by atoms with Crippen molar-refractivity contribution >= 4 is 11.5 Å². The van der Waals surface area contributed by atoms with Gasteiger partial charge in [-0.15, -0.1) is 0 Å². The highest BCUT2D eigenvalue weighted by Gasteiger charge is 2.25. The van der Waals surface area contributed by atoms with Gasteiger partial charge in [-0.2, -0.15) is 0 Å². The van der Waals surface area contributed by atoms with E-state index in [4.69, 9.17) is 4.74 Å². The number of hydrogen-bond donors (Lipinski definition) is 0. The highest BCUT2D eigenvalue weighted by molar-refractivity contribution is 6.00. The normalized spacial score (nSPS) is 15.3. The number of aryl methyl sites for hydroxylation is 1. The molecule has 0 amide bonds. The highest BCUT2D eigenvalue weighted by atomic mass is 16.5. The molecule has 0 radical (unpaired) electrons. The van der Waals surface area contributed by atoms with E-state index >= 15 is 0 Å². The summed E-state index contributed by atoms with van der Waals surface area (Å²) in [6.45, 7) is 11.6. The molecule has 4 nitrogen and oxygen atoms in total. The standard InChI is InChI=1S/C27H38N2O2/c1-4-7-8-22-9-11-23(12-10-22)21-26(28(5-2)6-3)27(30)24-13-15-25(16-14-24)29-17-19-31-20-18-29/h9-16,26H,4-8,17-21H2,1-3H3. The first-order chi connectivity index (χ1) is 15.2. The van der Waals surface area contributed by atoms with Crippen LogP contribution in [0, 0.1) is 0 Å². The largest absolute Gasteiger partial charge is 0.378 e. The second-order valence-electron chi connectivity index (χ2n) is 8.37. The number of Topliss-reactive ketones (excluding diaryl/α,β-unsaturated/α-hetero) is 1. The number of carbonyl (C=O) groups is 1. The fraction of sp³-hybridized carbons (Fsp3) is 0.519. The molecule has 2 aromatic rings. The summed E-state index contributed by atoms with van der Waals surface area (Å²) in [5.41, 5.74) is 4.58. The second-order valence-corrected chi connectivity index (χ2v) is 8.37. The molecule has 1 aliphatic heterocycles. The first-order valence-electron chi connectivity index (χ1n) is 11.9. The van der Waals surface area contributed by atoms with E-state index in [1.165, 1.54) is 29.7 Å². The Labute approximate surface area is 188 Å². The summed E-state index contributed by atoms with van der Waals surface area (Å²) in [6, 6.07) is 16.9. The summed E-state index contributed by atoms with van der Waals surface area (Å²) in [4.78, 5) is 18.1. The van der Waals surface area contributed by atoms with Crippen molar-refractivity contribution in [1.29, 1.82) is 0 Å². The van der Waals surface area contributed by atoms with Crippen LogP contribution in [0.4, 0.5) is 5.69 Å². The molecule has 4 heteroatoms. The van der Waals surface area contributed by atoms with Crippen molar-refractivity contribution in [1.82, 2.24) is 4.90 Å². The van der Waals surface area contributed by atoms with Gasteiger partial charge in [-0.3, -0.25) is 9.69 Å². The Morgan fingerprint density at radius 2 is 1.55 bits per heavy atom. The van der Waals surface area contributed by atoms with Crippen molar-refractivity contribution in [2.24, 2.45) is 0 Å². The Balaban J connectivity index is 1.74. The van der Waals surface area contributed by atoms with E-state index in [9.17, 15) is 4.79 Å². The second kappa shape index (κ2) is 12.0. The molecule has 1 fully saturated rings. The van der Waals surface area contributed by atoms with Crippen LogP contribution in [-0.4, -0.2) is 56.1 Å². The van der Waals surface area contributed by atoms with E-state index < -0.39 is 0 Å². The molecule has 1 unspecified atom stereocenters. The van der Waals surface area contributed by atoms with Gasteiger partial charge < -0.3 is 9.64 Å². The van der Waals surface area contributed by atoms with Crippen molar-refractivity contribution in [3.05, 3.63) is 65.2 Å². The van der Waals surface area contributed by atoms with Gasteiger partial charge in [0, 0.05) is 24.3 Å². The first kappa shape index (κ1) is 23.5. The summed E-state index contributed by atoms with van der Waals surface area (Å²) in [5.74, 6) is 0.215. The summed E-state index contributed by atoms with van der Waals surface area (Å²) < 4.78 is 5.45. The first-order valence-corrected chi connectivity index (χ1v) is 11.9. The van der Waals surface area contributed by atoms with Crippen LogP contribution in [-0.2, 0) is 17.6 Å². The topological polar surface area (TPSA) is 32.8 Å². The third kappa shape index (κ3) is 6.41. The van der Waals surface area contributed by atoms with Crippen molar-refractivity contribution in [3.8, 4) is 0 Å². The van der Waals surface area contributed by atoms with Crippen molar-refractivity contribution in [2.45, 2.75) is 52.5 Å². The lowest BCUT2D eigenvalue weighted by Gasteiger charge is -2.30. The van der Waals surface area contributed by atoms with E-state index in [-0.39, 0.29) is 11.8 Å². The number of hydrogen-bond acceptors (Lipinski definition) is 4. The maximum absolute atomic E-state index is 13.5. The zero-order chi connectivity index (χ0) is 22.1. The molecule has 31 heavy (non-hydrogen) atoms. The van der Waals surface area contributed by atoms with Crippen molar-refractivity contribution in [3.63, 3.8) is 0 Å². The fourth-order valence-electron chi connectivity index (χ4n) is 4.35. The molecule has 1 saturated heterocycles. The minimum Gasteiger partial charge on any atom is -0.378 e. The van der Waals surface area contributed by atoms with Gasteiger partial charge in [0.1, 0.15) is 0 Å². The number of rotatable bonds is 11. The Kier molecular flexibility index (Phi) is 9.11. The van der Waals surface area contributed by atoms with Gasteiger partial charge in [0.05, 0.1) is 19.3 Å². The van der Waals surface area contributed by atoms with E-state index in [1.54, 1.807) is 0 Å². The Hall–Kier alpha value is -2.17. The van der Waals surface area contributed by atoms with E-state index in [0.29, 0.717) is 0 Å². The maximum atomic E-state index is 13.5. The van der Waals surface area contributed by atoms with Gasteiger partial charge in [-0.25, -0.2) is 0 Å². The SMILES string of the molecule is CCCCc1ccc(CC(C(=O)c2ccc(N3CCOCC3)cc2)N(CC)CC)cc1. The summed E-state index contributed by atoms with van der Waals surface area (Å²) >= 11 is 0. The lowest BCUT2D eigenvalue weighted by Crippen LogP contribution is -2.42. The molecule has 168 valence electrons. The van der Waals surface area contributed by atoms with Gasteiger partial charge >= 0.3 is 0 Å². The molecule has 0 N–H and O–H groups in total. The Morgan fingerprint density at radius 1 is 0.935 bits per heavy atom. The number of nitrogens with zero attached hydrogens (tertiary/aromatic N) is 2. The number of benzene rings is 2. The number of ether oxygens (including phenoxy) is 1. The van der Waals surface area contributed by atoms with E-state index in [2.05, 4.69) is 67.0 Å². The quantitative estimate of drug-likeness (QED) is 0.477. The van der Waals surface area contributed by atoms with E-state index in [1.807, 2.05) is 12.1 Å². The predicted molar refractivity (Wildman–Crippen MR) is 129 cm³/mol. The molecule has 1 atom stereocenters. The predicted octanol–water partition coefficient (Wildman–Crippen LogP) is 5.00. The number of anilines is 1. The fourth-order valence-corrected chi connectivity index (χ4v) is 4.35. The number of likely N-dealkylation sites (N-methyl/N-ethyl adjacent to an activating group) is 1. The smallest absolute Gasteiger partial charge is 0.180 e. The molecule has 0 bridgehead atoms. The van der Waals surface area contributed by atoms with Crippen LogP contribution in [0.5, 0.6) is 0 Å². The molecule has 1 heterocycles. The van der Waals surface area contributed by atoms with Crippen LogP contribution in [0.1, 0.15) is 55.1 Å². The van der Waals surface area contributed by atoms with Crippen LogP contribution in [0.15, 0.2) is 48.5 Å². The molecule has 0 aliphatic carbocycles. The molecule has 0 aromatic heterocycles. The molecular formula is C27H38N2O2. The molecule has 1 aliphatic rings. The van der Waals surface area contributed by atoms with Gasteiger partial charge in [0.15, 0.2) is 5.78 Å². The molecule has 0 spiro atoms. The van der Waals surface area contributed by atoms with Gasteiger partial charge in [0.2, 0.25) is 0 Å². The summed E-state index contributed by atoms with van der Waals surface area (Å²) in [7, 11) is 0. The van der Waals surface area contributed by atoms with Crippen molar-refractivity contribution < 1.29 is 9.53 Å². The third-order valence-corrected chi connectivity index (χ3v) is 6.35. The zero-order valence-corrected chi connectivity index (χ0v) is 19.5. The minimum absolute atomic E-state index is 0.134. The van der Waals surface area contributed by atoms with Crippen LogP contribution in [0.25, 0.3) is 0 Å². The van der Waals surface area contributed by atoms with E-state index in [0.717, 1.165) is 57.8 Å². The molecule has 2 aromatic carbocycles. The molecular weight excluding hydrogens is 384 g/mol. The van der Waals surface area contributed by atoms with Crippen LogP contribution >= 0.6 is 0 Å². The molecule has 0 saturated carbocycles. The molecule has 3 rings (SSSR count). The van der Waals surface area contributed by atoms with Crippen molar-refractivity contribution in [2.75, 3.05) is 44.3 Å². The van der Waals surface area contributed by atoms with Gasteiger partial charge in [-0.1, -0.05) is 51.5 Å². The van der Waals surface area contributed by atoms with Gasteiger partial charge in [0.25, 0.3) is 0 Å². The van der Waals surface area contributed by atoms with Crippen LogP contribution < -0.4 is 4.90 Å². The maximum Gasteiger partial charge on any atom is 0.180 e. The van der Waals surface area contributed by atoms with Crippen LogP contribution in [0.3, 0.4) is 0 Å². The average Bonchev–Trinajstić information content (AvgIpc) is 2.84. The highest BCUT2D eigenvalue weighted by Crippen LogP contribution is 2.20. The monoisotopic (exact) mass is 422 g/mol. The summed E-state index contributed by atoms with van der Waals surface area (Å²) in [6.07, 6.45) is 4.31. The Morgan fingerprint density at radius 3 is 2.13 bits per heavy atom. The van der Waals surface area contributed by atoms with Gasteiger partial charge in [-0.05, 0) is 67.7 Å². The number of ketones is 1. The zero-order valence-electron chi connectivity index (χ0n) is 19.5. The number of morpholine rings is 1. The lowest BCUT2D eigenvalue weighted by molar-refractivity contribution is 0.0830. The van der Waals surface area contributed by atoms with Crippen LogP contribution in [0.2, 0.25) is 0 Å². The average molecular weight is 423 g/mol. The lowest BCUT2D eigenvalue weighted by atomic mass is 9.95. The number of unbranched alkanes of at least 4 members (excludes halogenated alkanes) is 1. The Bertz CT molecular complexity index is 791. The third-order valence-electron chi connectivity index (χ3n) is 6.35. The summed E-state index contributed by atoms with van der Waals surface area (Å²) in [5, 5.41) is 0.